The average Bonchev–Trinajstić information content (AvgIpc) is 3.24. The minimum absolute atomic E-state index is 0.245. The van der Waals surface area contributed by atoms with Crippen molar-refractivity contribution in [3.05, 3.63) is 58.4 Å². The number of hydrogen-bond donors (Lipinski definition) is 1. The van der Waals surface area contributed by atoms with Crippen LogP contribution in [0.3, 0.4) is 0 Å². The van der Waals surface area contributed by atoms with Crippen LogP contribution in [-0.2, 0) is 0 Å². The van der Waals surface area contributed by atoms with Gasteiger partial charge in [0.25, 0.3) is 5.91 Å². The Hall–Kier alpha value is -2.14. The number of carbonyl (C=O) groups is 1. The van der Waals surface area contributed by atoms with E-state index in [0.29, 0.717) is 11.6 Å². The smallest absolute Gasteiger partial charge is 0.277 e. The number of aromatic nitrogens is 1. The number of anilines is 1. The number of halogens is 1. The molecule has 0 atom stereocenters. The Bertz CT molecular complexity index is 868. The summed E-state index contributed by atoms with van der Waals surface area (Å²) in [4.78, 5) is 12.2. The van der Waals surface area contributed by atoms with Gasteiger partial charge >= 0.3 is 0 Å². The van der Waals surface area contributed by atoms with Crippen molar-refractivity contribution in [3.8, 4) is 0 Å². The summed E-state index contributed by atoms with van der Waals surface area (Å²) >= 11 is 3.52. The van der Waals surface area contributed by atoms with Crippen molar-refractivity contribution in [2.45, 2.75) is 18.8 Å². The molecule has 1 fully saturated rings. The number of nitrogens with one attached hydrogen (secondary N) is 1. The summed E-state index contributed by atoms with van der Waals surface area (Å²) < 4.78 is 6.25. The minimum Gasteiger partial charge on any atom is -0.360 e. The Kier molecular flexibility index (Phi) is 3.22. The third-order valence-electron chi connectivity index (χ3n) is 3.83. The fraction of sp³-hybridized carbons (Fsp3) is 0.176. The standard InChI is InChI=1S/C17H13BrN2O2/c18-14-3-1-2-11-8-12(6-7-13(11)14)19-17(21)15-9-16(22-20-15)10-4-5-10/h1-3,6-10H,4-5H2,(H,19,21). The van der Waals surface area contributed by atoms with Crippen LogP contribution in [0.5, 0.6) is 0 Å². The Morgan fingerprint density at radius 3 is 2.91 bits per heavy atom. The lowest BCUT2D eigenvalue weighted by Crippen LogP contribution is -2.12. The minimum atomic E-state index is -0.245. The fourth-order valence-corrected chi connectivity index (χ4v) is 2.99. The molecule has 1 N–H and O–H groups in total. The molecule has 22 heavy (non-hydrogen) atoms. The molecule has 1 amide bonds. The molecule has 0 bridgehead atoms. The van der Waals surface area contributed by atoms with Gasteiger partial charge in [-0.05, 0) is 41.8 Å². The third-order valence-corrected chi connectivity index (χ3v) is 4.52. The van der Waals surface area contributed by atoms with Gasteiger partial charge in [0.2, 0.25) is 0 Å². The Labute approximate surface area is 135 Å². The molecule has 1 heterocycles. The van der Waals surface area contributed by atoms with Crippen LogP contribution in [0.15, 0.2) is 51.5 Å². The molecule has 1 aromatic heterocycles. The van der Waals surface area contributed by atoms with Crippen molar-refractivity contribution < 1.29 is 9.32 Å². The van der Waals surface area contributed by atoms with Crippen molar-refractivity contribution in [1.82, 2.24) is 5.16 Å². The zero-order valence-corrected chi connectivity index (χ0v) is 13.3. The monoisotopic (exact) mass is 356 g/mol. The highest BCUT2D eigenvalue weighted by molar-refractivity contribution is 9.10. The molecule has 4 nitrogen and oxygen atoms in total. The van der Waals surface area contributed by atoms with E-state index in [9.17, 15) is 4.79 Å². The summed E-state index contributed by atoms with van der Waals surface area (Å²) in [7, 11) is 0. The van der Waals surface area contributed by atoms with Crippen molar-refractivity contribution in [2.75, 3.05) is 5.32 Å². The maximum atomic E-state index is 12.2. The van der Waals surface area contributed by atoms with E-state index in [4.69, 9.17) is 4.52 Å². The van der Waals surface area contributed by atoms with Crippen molar-refractivity contribution in [2.24, 2.45) is 0 Å². The third kappa shape index (κ3) is 2.52. The molecule has 0 aliphatic heterocycles. The van der Waals surface area contributed by atoms with Crippen LogP contribution < -0.4 is 5.32 Å². The second-order valence-corrected chi connectivity index (χ2v) is 6.37. The summed E-state index contributed by atoms with van der Waals surface area (Å²) in [6, 6.07) is 13.5. The summed E-state index contributed by atoms with van der Waals surface area (Å²) in [6.07, 6.45) is 2.24. The first-order valence-electron chi connectivity index (χ1n) is 7.17. The Balaban J connectivity index is 1.57. The number of fused-ring (bicyclic) bond motifs is 1. The van der Waals surface area contributed by atoms with Crippen LogP contribution in [-0.4, -0.2) is 11.1 Å². The molecule has 1 saturated carbocycles. The van der Waals surface area contributed by atoms with E-state index in [1.165, 1.54) is 0 Å². The largest absolute Gasteiger partial charge is 0.360 e. The van der Waals surface area contributed by atoms with Crippen LogP contribution in [0.1, 0.15) is 35.0 Å². The van der Waals surface area contributed by atoms with Gasteiger partial charge in [0.05, 0.1) is 0 Å². The number of nitrogens with zero attached hydrogens (tertiary/aromatic N) is 1. The van der Waals surface area contributed by atoms with Gasteiger partial charge < -0.3 is 9.84 Å². The molecule has 0 spiro atoms. The fourth-order valence-electron chi connectivity index (χ4n) is 2.47. The van der Waals surface area contributed by atoms with Gasteiger partial charge in [-0.2, -0.15) is 0 Å². The van der Waals surface area contributed by atoms with Gasteiger partial charge in [-0.1, -0.05) is 39.3 Å². The van der Waals surface area contributed by atoms with Crippen LogP contribution in [0.2, 0.25) is 0 Å². The maximum absolute atomic E-state index is 12.2. The Morgan fingerprint density at radius 1 is 1.23 bits per heavy atom. The highest BCUT2D eigenvalue weighted by Crippen LogP contribution is 2.40. The highest BCUT2D eigenvalue weighted by atomic mass is 79.9. The molecular formula is C17H13BrN2O2. The maximum Gasteiger partial charge on any atom is 0.277 e. The summed E-state index contributed by atoms with van der Waals surface area (Å²) in [6.45, 7) is 0. The van der Waals surface area contributed by atoms with Gasteiger partial charge in [0.15, 0.2) is 5.69 Å². The van der Waals surface area contributed by atoms with Crippen molar-refractivity contribution in [1.29, 1.82) is 0 Å². The van der Waals surface area contributed by atoms with E-state index in [1.807, 2.05) is 36.4 Å². The van der Waals surface area contributed by atoms with E-state index < -0.39 is 0 Å². The normalized spacial score (nSPS) is 14.2. The molecule has 1 aliphatic carbocycles. The quantitative estimate of drug-likeness (QED) is 0.738. The summed E-state index contributed by atoms with van der Waals surface area (Å²) in [5.74, 6) is 1.02. The first-order valence-corrected chi connectivity index (χ1v) is 7.96. The van der Waals surface area contributed by atoms with Gasteiger partial charge in [0.1, 0.15) is 5.76 Å². The highest BCUT2D eigenvalue weighted by Gasteiger charge is 2.28. The lowest BCUT2D eigenvalue weighted by atomic mass is 10.1. The number of rotatable bonds is 3. The lowest BCUT2D eigenvalue weighted by molar-refractivity contribution is 0.101. The van der Waals surface area contributed by atoms with Crippen molar-refractivity contribution >= 4 is 38.3 Å². The zero-order valence-electron chi connectivity index (χ0n) is 11.7. The van der Waals surface area contributed by atoms with E-state index >= 15 is 0 Å². The van der Waals surface area contributed by atoms with Crippen LogP contribution >= 0.6 is 15.9 Å². The second-order valence-electron chi connectivity index (χ2n) is 5.52. The van der Waals surface area contributed by atoms with Gasteiger partial charge in [0, 0.05) is 22.1 Å². The van der Waals surface area contributed by atoms with E-state index in [2.05, 4.69) is 26.4 Å². The molecule has 0 unspecified atom stereocenters. The number of carbonyl (C=O) groups excluding carboxylic acids is 1. The summed E-state index contributed by atoms with van der Waals surface area (Å²) in [5.41, 5.74) is 1.07. The average molecular weight is 357 g/mol. The molecular weight excluding hydrogens is 344 g/mol. The van der Waals surface area contributed by atoms with E-state index in [0.717, 1.165) is 39.5 Å². The Morgan fingerprint density at radius 2 is 2.09 bits per heavy atom. The molecule has 0 saturated heterocycles. The molecule has 5 heteroatoms. The number of benzene rings is 2. The van der Waals surface area contributed by atoms with Gasteiger partial charge in [-0.15, -0.1) is 0 Å². The van der Waals surface area contributed by atoms with E-state index in [-0.39, 0.29) is 5.91 Å². The van der Waals surface area contributed by atoms with Crippen molar-refractivity contribution in [3.63, 3.8) is 0 Å². The van der Waals surface area contributed by atoms with E-state index in [1.54, 1.807) is 6.07 Å². The molecule has 4 rings (SSSR count). The topological polar surface area (TPSA) is 55.1 Å². The first kappa shape index (κ1) is 13.5. The number of amides is 1. The predicted octanol–water partition coefficient (Wildman–Crippen LogP) is 4.72. The SMILES string of the molecule is O=C(Nc1ccc2c(Br)cccc2c1)c1cc(C2CC2)on1. The summed E-state index contributed by atoms with van der Waals surface area (Å²) in [5, 5.41) is 8.89. The second kappa shape index (κ2) is 5.25. The molecule has 2 aromatic carbocycles. The lowest BCUT2D eigenvalue weighted by Gasteiger charge is -2.06. The molecule has 3 aromatic rings. The predicted molar refractivity (Wildman–Crippen MR) is 88.1 cm³/mol. The molecule has 110 valence electrons. The molecule has 0 radical (unpaired) electrons. The van der Waals surface area contributed by atoms with Crippen LogP contribution in [0.4, 0.5) is 5.69 Å². The molecule has 1 aliphatic rings. The van der Waals surface area contributed by atoms with Crippen LogP contribution in [0, 0.1) is 0 Å². The number of hydrogen-bond acceptors (Lipinski definition) is 3. The first-order chi connectivity index (χ1) is 10.7. The van der Waals surface area contributed by atoms with Gasteiger partial charge in [-0.3, -0.25) is 4.79 Å². The van der Waals surface area contributed by atoms with Gasteiger partial charge in [-0.25, -0.2) is 0 Å². The van der Waals surface area contributed by atoms with Crippen LogP contribution in [0.25, 0.3) is 10.8 Å². The zero-order chi connectivity index (χ0) is 15.1.